The van der Waals surface area contributed by atoms with Crippen molar-refractivity contribution in [2.45, 2.75) is 51.4 Å². The lowest BCUT2D eigenvalue weighted by Crippen LogP contribution is -2.75. The molecule has 2 aromatic carbocycles. The van der Waals surface area contributed by atoms with Crippen LogP contribution in [0.25, 0.3) is 0 Å². The second-order valence-electron chi connectivity index (χ2n) is 10.8. The Labute approximate surface area is 206 Å². The van der Waals surface area contributed by atoms with Gasteiger partial charge in [-0.15, -0.1) is 0 Å². The number of carbonyl (C=O) groups excluding carboxylic acids is 2. The minimum Gasteiger partial charge on any atom is -0.508 e. The number of phenolic OH excluding ortho intramolecular Hbond substituents is 1. The Hall–Kier alpha value is -3.06. The summed E-state index contributed by atoms with van der Waals surface area (Å²) in [6.07, 6.45) is 1.55. The fourth-order valence-electron chi connectivity index (χ4n) is 6.67. The van der Waals surface area contributed by atoms with Crippen LogP contribution in [0.4, 0.5) is 0 Å². The van der Waals surface area contributed by atoms with Gasteiger partial charge in [0.05, 0.1) is 13.0 Å². The zero-order valence-electron chi connectivity index (χ0n) is 20.7. The third-order valence-electron chi connectivity index (χ3n) is 8.11. The lowest BCUT2D eigenvalue weighted by Gasteiger charge is -2.55. The molecule has 6 rings (SSSR count). The minimum absolute atomic E-state index is 0.0169. The zero-order chi connectivity index (χ0) is 24.7. The van der Waals surface area contributed by atoms with Crippen molar-refractivity contribution in [3.63, 3.8) is 0 Å². The monoisotopic (exact) mass is 477 g/mol. The van der Waals surface area contributed by atoms with E-state index in [1.54, 1.807) is 31.4 Å². The molecular formula is C28H35N3O4. The summed E-state index contributed by atoms with van der Waals surface area (Å²) < 4.78 is 5.30. The molecule has 0 spiro atoms. The molecule has 3 heterocycles. The summed E-state index contributed by atoms with van der Waals surface area (Å²) in [5.41, 5.74) is 1.20. The minimum atomic E-state index is -0.892. The molecule has 3 aliphatic heterocycles. The van der Waals surface area contributed by atoms with Crippen molar-refractivity contribution in [1.82, 2.24) is 15.5 Å². The Morgan fingerprint density at radius 3 is 2.51 bits per heavy atom. The summed E-state index contributed by atoms with van der Waals surface area (Å²) in [6, 6.07) is 15.0. The first-order chi connectivity index (χ1) is 16.8. The van der Waals surface area contributed by atoms with Crippen LogP contribution in [0.5, 0.6) is 11.5 Å². The molecular weight excluding hydrogens is 442 g/mol. The average Bonchev–Trinajstić information content (AvgIpc) is 3.15. The van der Waals surface area contributed by atoms with Crippen molar-refractivity contribution in [2.75, 3.05) is 13.7 Å². The molecule has 0 aromatic heterocycles. The molecule has 2 amide bonds. The van der Waals surface area contributed by atoms with Gasteiger partial charge >= 0.3 is 0 Å². The normalized spacial score (nSPS) is 29.3. The Balaban J connectivity index is 1.41. The number of aromatic hydroxyl groups is 1. The number of rotatable bonds is 8. The van der Waals surface area contributed by atoms with Gasteiger partial charge in [-0.05, 0) is 60.1 Å². The van der Waals surface area contributed by atoms with E-state index in [9.17, 15) is 14.7 Å². The van der Waals surface area contributed by atoms with Gasteiger partial charge < -0.3 is 20.5 Å². The van der Waals surface area contributed by atoms with E-state index in [1.165, 1.54) is 5.56 Å². The van der Waals surface area contributed by atoms with Crippen LogP contribution in [0.1, 0.15) is 37.8 Å². The van der Waals surface area contributed by atoms with Crippen molar-refractivity contribution in [1.29, 1.82) is 0 Å². The standard InChI is InChI=1S/C28H35N3O4/c1-17(2)12-23-25-24-20(16-31(25)15-19-6-10-22(35-3)11-7-19)13-28(23,30-26(24)33)27(34)29-14-18-4-8-21(32)9-5-18/h4-11,17,20,23-25,32H,12-16H2,1-3H3,(H,29,34)(H,30,33)/t20-,23-,24-,25-,28+/m1/s1. The van der Waals surface area contributed by atoms with Crippen molar-refractivity contribution in [2.24, 2.45) is 23.7 Å². The van der Waals surface area contributed by atoms with Crippen molar-refractivity contribution in [3.05, 3.63) is 59.7 Å². The SMILES string of the molecule is COc1ccc(CN2C[C@H]3C[C@]4(C(=O)NCc5ccc(O)cc5)NC(=O)[C@H]3[C@H]2[C@H]4CC(C)C)cc1. The van der Waals surface area contributed by atoms with E-state index < -0.39 is 5.54 Å². The molecule has 186 valence electrons. The Morgan fingerprint density at radius 1 is 1.17 bits per heavy atom. The first-order valence-electron chi connectivity index (χ1n) is 12.6. The third-order valence-corrected chi connectivity index (χ3v) is 8.11. The Kier molecular flexibility index (Phi) is 6.21. The van der Waals surface area contributed by atoms with Gasteiger partial charge in [0.2, 0.25) is 11.8 Å². The number of benzene rings is 2. The van der Waals surface area contributed by atoms with Gasteiger partial charge in [-0.25, -0.2) is 0 Å². The number of nitrogens with one attached hydrogen (secondary N) is 2. The molecule has 7 heteroatoms. The number of fused-ring (bicyclic) bond motifs is 1. The number of methoxy groups -OCH3 is 1. The highest BCUT2D eigenvalue weighted by atomic mass is 16.5. The van der Waals surface area contributed by atoms with Gasteiger partial charge in [0.1, 0.15) is 17.0 Å². The summed E-state index contributed by atoms with van der Waals surface area (Å²) in [5.74, 6) is 1.50. The van der Waals surface area contributed by atoms with Gasteiger partial charge in [-0.2, -0.15) is 0 Å². The number of likely N-dealkylation sites (tertiary alicyclic amines) is 1. The second-order valence-corrected chi connectivity index (χ2v) is 10.8. The van der Waals surface area contributed by atoms with Gasteiger partial charge in [0, 0.05) is 31.6 Å². The van der Waals surface area contributed by atoms with Crippen molar-refractivity contribution in [3.8, 4) is 11.5 Å². The molecule has 7 nitrogen and oxygen atoms in total. The largest absolute Gasteiger partial charge is 0.508 e. The molecule has 3 saturated heterocycles. The smallest absolute Gasteiger partial charge is 0.246 e. The number of nitrogens with zero attached hydrogens (tertiary/aromatic N) is 1. The third kappa shape index (κ3) is 4.27. The van der Waals surface area contributed by atoms with Crippen LogP contribution in [0.3, 0.4) is 0 Å². The van der Waals surface area contributed by atoms with Crippen LogP contribution >= 0.6 is 0 Å². The highest BCUT2D eigenvalue weighted by Gasteiger charge is 2.67. The van der Waals surface area contributed by atoms with E-state index >= 15 is 0 Å². The fourth-order valence-corrected chi connectivity index (χ4v) is 6.67. The average molecular weight is 478 g/mol. The maximum absolute atomic E-state index is 13.8. The number of carbonyl (C=O) groups is 2. The van der Waals surface area contributed by atoms with Crippen LogP contribution in [0, 0.1) is 23.7 Å². The number of ether oxygens (including phenoxy) is 1. The number of hydrogen-bond acceptors (Lipinski definition) is 5. The molecule has 0 unspecified atom stereocenters. The maximum atomic E-state index is 13.8. The van der Waals surface area contributed by atoms with Crippen LogP contribution in [0.15, 0.2) is 48.5 Å². The number of amides is 2. The molecule has 3 N–H and O–H groups in total. The predicted octanol–water partition coefficient (Wildman–Crippen LogP) is 3.07. The molecule has 2 aromatic rings. The first kappa shape index (κ1) is 23.7. The number of piperidine rings is 2. The Bertz CT molecular complexity index is 1080. The van der Waals surface area contributed by atoms with Gasteiger partial charge in [0.15, 0.2) is 0 Å². The molecule has 4 bridgehead atoms. The van der Waals surface area contributed by atoms with Crippen LogP contribution in [-0.2, 0) is 22.7 Å². The summed E-state index contributed by atoms with van der Waals surface area (Å²) >= 11 is 0. The van der Waals surface area contributed by atoms with Gasteiger partial charge in [-0.3, -0.25) is 14.5 Å². The van der Waals surface area contributed by atoms with Crippen LogP contribution in [-0.4, -0.2) is 47.1 Å². The molecule has 0 radical (unpaired) electrons. The topological polar surface area (TPSA) is 90.9 Å². The maximum Gasteiger partial charge on any atom is 0.246 e. The Morgan fingerprint density at radius 2 is 1.86 bits per heavy atom. The fraction of sp³-hybridized carbons (Fsp3) is 0.500. The van der Waals surface area contributed by atoms with E-state index in [2.05, 4.69) is 41.5 Å². The molecule has 4 fully saturated rings. The van der Waals surface area contributed by atoms with Crippen LogP contribution in [0.2, 0.25) is 0 Å². The summed E-state index contributed by atoms with van der Waals surface area (Å²) in [7, 11) is 1.66. The molecule has 1 aliphatic carbocycles. The van der Waals surface area contributed by atoms with Gasteiger partial charge in [0.25, 0.3) is 0 Å². The van der Waals surface area contributed by atoms with Crippen molar-refractivity contribution >= 4 is 11.8 Å². The second kappa shape index (κ2) is 9.19. The van der Waals surface area contributed by atoms with E-state index in [0.29, 0.717) is 18.9 Å². The highest BCUT2D eigenvalue weighted by Crippen LogP contribution is 2.54. The number of hydrogen-bond donors (Lipinski definition) is 3. The summed E-state index contributed by atoms with van der Waals surface area (Å²) in [5, 5.41) is 15.8. The lowest BCUT2D eigenvalue weighted by atomic mass is 9.57. The molecule has 35 heavy (non-hydrogen) atoms. The molecule has 1 saturated carbocycles. The number of phenols is 1. The molecule has 4 aliphatic rings. The lowest BCUT2D eigenvalue weighted by molar-refractivity contribution is -0.155. The first-order valence-corrected chi connectivity index (χ1v) is 12.6. The van der Waals surface area contributed by atoms with E-state index in [-0.39, 0.29) is 41.4 Å². The summed E-state index contributed by atoms with van der Waals surface area (Å²) in [6.45, 7) is 6.32. The summed E-state index contributed by atoms with van der Waals surface area (Å²) in [4.78, 5) is 29.5. The predicted molar refractivity (Wildman–Crippen MR) is 133 cm³/mol. The van der Waals surface area contributed by atoms with Crippen molar-refractivity contribution < 1.29 is 19.4 Å². The quantitative estimate of drug-likeness (QED) is 0.544. The van der Waals surface area contributed by atoms with E-state index in [4.69, 9.17) is 4.74 Å². The highest BCUT2D eigenvalue weighted by molar-refractivity contribution is 5.96. The van der Waals surface area contributed by atoms with Gasteiger partial charge in [-0.1, -0.05) is 38.1 Å². The van der Waals surface area contributed by atoms with E-state index in [1.807, 2.05) is 12.1 Å². The van der Waals surface area contributed by atoms with Crippen LogP contribution < -0.4 is 15.4 Å². The van der Waals surface area contributed by atoms with E-state index in [0.717, 1.165) is 30.8 Å². The zero-order valence-corrected chi connectivity index (χ0v) is 20.7. The molecule has 5 atom stereocenters.